The number of aliphatic hydroxyl groups is 1. The number of thiophene rings is 1. The summed E-state index contributed by atoms with van der Waals surface area (Å²) in [5.74, 6) is 0. The molecule has 1 aromatic carbocycles. The van der Waals surface area contributed by atoms with Gasteiger partial charge in [0.15, 0.2) is 0 Å². The Bertz CT molecular complexity index is 438. The molecule has 0 aliphatic rings. The van der Waals surface area contributed by atoms with Gasteiger partial charge in [-0.2, -0.15) is 0 Å². The Labute approximate surface area is 104 Å². The number of halogens is 1. The van der Waals surface area contributed by atoms with Crippen LogP contribution < -0.4 is 0 Å². The number of aryl methyl sites for hydroxylation is 1. The number of rotatable bonds is 4. The van der Waals surface area contributed by atoms with Crippen molar-refractivity contribution in [2.24, 2.45) is 0 Å². The predicted molar refractivity (Wildman–Crippen MR) is 69.1 cm³/mol. The summed E-state index contributed by atoms with van der Waals surface area (Å²) >= 11 is 7.48. The maximum absolute atomic E-state index is 9.98. The first kappa shape index (κ1) is 11.6. The monoisotopic (exact) mass is 252 g/mol. The van der Waals surface area contributed by atoms with E-state index in [-0.39, 0.29) is 0 Å². The molecule has 1 aromatic heterocycles. The lowest BCUT2D eigenvalue weighted by Gasteiger charge is -2.09. The minimum atomic E-state index is -0.451. The molecule has 84 valence electrons. The molecule has 0 spiro atoms. The standard InChI is InChI=1S/C13H13ClOS/c14-11-8-9-16-13(11)12(15)7-6-10-4-2-1-3-5-10/h1-5,8-9,12,15H,6-7H2. The van der Waals surface area contributed by atoms with E-state index in [0.29, 0.717) is 11.4 Å². The highest BCUT2D eigenvalue weighted by Crippen LogP contribution is 2.31. The second-order valence-electron chi connectivity index (χ2n) is 3.67. The molecular weight excluding hydrogens is 240 g/mol. The molecule has 1 N–H and O–H groups in total. The van der Waals surface area contributed by atoms with E-state index in [1.165, 1.54) is 16.9 Å². The molecule has 1 nitrogen and oxygen atoms in total. The lowest BCUT2D eigenvalue weighted by molar-refractivity contribution is 0.171. The van der Waals surface area contributed by atoms with Gasteiger partial charge < -0.3 is 5.11 Å². The van der Waals surface area contributed by atoms with Gasteiger partial charge in [-0.05, 0) is 29.9 Å². The molecule has 0 aliphatic carbocycles. The number of aliphatic hydroxyl groups excluding tert-OH is 1. The van der Waals surface area contributed by atoms with Crippen LogP contribution in [0, 0.1) is 0 Å². The highest BCUT2D eigenvalue weighted by atomic mass is 35.5. The highest BCUT2D eigenvalue weighted by molar-refractivity contribution is 7.10. The molecule has 1 heterocycles. The summed E-state index contributed by atoms with van der Waals surface area (Å²) in [5, 5.41) is 12.6. The number of hydrogen-bond acceptors (Lipinski definition) is 2. The molecule has 16 heavy (non-hydrogen) atoms. The SMILES string of the molecule is OC(CCc1ccccc1)c1sccc1Cl. The minimum Gasteiger partial charge on any atom is -0.388 e. The molecule has 0 radical (unpaired) electrons. The average molecular weight is 253 g/mol. The molecule has 1 atom stereocenters. The first-order valence-electron chi connectivity index (χ1n) is 5.22. The highest BCUT2D eigenvalue weighted by Gasteiger charge is 2.12. The van der Waals surface area contributed by atoms with Crippen molar-refractivity contribution in [1.82, 2.24) is 0 Å². The van der Waals surface area contributed by atoms with Crippen molar-refractivity contribution in [1.29, 1.82) is 0 Å². The maximum atomic E-state index is 9.98. The van der Waals surface area contributed by atoms with Crippen molar-refractivity contribution in [3.63, 3.8) is 0 Å². The van der Waals surface area contributed by atoms with Gasteiger partial charge in [0.05, 0.1) is 16.0 Å². The summed E-state index contributed by atoms with van der Waals surface area (Å²) < 4.78 is 0. The zero-order valence-corrected chi connectivity index (χ0v) is 10.3. The van der Waals surface area contributed by atoms with E-state index in [4.69, 9.17) is 11.6 Å². The zero-order valence-electron chi connectivity index (χ0n) is 8.77. The van der Waals surface area contributed by atoms with Gasteiger partial charge in [-0.15, -0.1) is 11.3 Å². The molecule has 0 amide bonds. The fourth-order valence-electron chi connectivity index (χ4n) is 1.62. The van der Waals surface area contributed by atoms with E-state index in [1.54, 1.807) is 0 Å². The van der Waals surface area contributed by atoms with Crippen LogP contribution in [0.5, 0.6) is 0 Å². The molecule has 0 aliphatic heterocycles. The Morgan fingerprint density at radius 1 is 1.19 bits per heavy atom. The van der Waals surface area contributed by atoms with Gasteiger partial charge in [0.25, 0.3) is 0 Å². The van der Waals surface area contributed by atoms with Gasteiger partial charge in [0.1, 0.15) is 0 Å². The summed E-state index contributed by atoms with van der Waals surface area (Å²) in [6, 6.07) is 12.0. The fraction of sp³-hybridized carbons (Fsp3) is 0.231. The van der Waals surface area contributed by atoms with Crippen LogP contribution in [0.25, 0.3) is 0 Å². The Kier molecular flexibility index (Phi) is 3.99. The molecule has 0 bridgehead atoms. The Hall–Kier alpha value is -0.830. The van der Waals surface area contributed by atoms with E-state index in [2.05, 4.69) is 12.1 Å². The van der Waals surface area contributed by atoms with Gasteiger partial charge in [-0.3, -0.25) is 0 Å². The third kappa shape index (κ3) is 2.85. The van der Waals surface area contributed by atoms with Crippen LogP contribution in [0.2, 0.25) is 5.02 Å². The van der Waals surface area contributed by atoms with Gasteiger partial charge in [-0.1, -0.05) is 41.9 Å². The smallest absolute Gasteiger partial charge is 0.0900 e. The Balaban J connectivity index is 1.94. The van der Waals surface area contributed by atoms with E-state index < -0.39 is 6.10 Å². The Morgan fingerprint density at radius 3 is 2.56 bits per heavy atom. The number of hydrogen-bond donors (Lipinski definition) is 1. The largest absolute Gasteiger partial charge is 0.388 e. The topological polar surface area (TPSA) is 20.2 Å². The maximum Gasteiger partial charge on any atom is 0.0900 e. The van der Waals surface area contributed by atoms with Crippen LogP contribution in [0.3, 0.4) is 0 Å². The van der Waals surface area contributed by atoms with Crippen molar-refractivity contribution in [3.8, 4) is 0 Å². The minimum absolute atomic E-state index is 0.451. The second kappa shape index (κ2) is 5.48. The second-order valence-corrected chi connectivity index (χ2v) is 5.03. The van der Waals surface area contributed by atoms with Crippen LogP contribution in [-0.4, -0.2) is 5.11 Å². The molecule has 0 saturated heterocycles. The first-order valence-corrected chi connectivity index (χ1v) is 6.48. The quantitative estimate of drug-likeness (QED) is 0.870. The lowest BCUT2D eigenvalue weighted by Crippen LogP contribution is -1.97. The third-order valence-electron chi connectivity index (χ3n) is 2.50. The molecule has 0 saturated carbocycles. The van der Waals surface area contributed by atoms with E-state index in [9.17, 15) is 5.11 Å². The van der Waals surface area contributed by atoms with E-state index in [1.807, 2.05) is 29.6 Å². The molecule has 3 heteroatoms. The molecule has 0 fully saturated rings. The van der Waals surface area contributed by atoms with E-state index >= 15 is 0 Å². The summed E-state index contributed by atoms with van der Waals surface area (Å²) in [6.45, 7) is 0. The molecule has 1 unspecified atom stereocenters. The van der Waals surface area contributed by atoms with Crippen molar-refractivity contribution in [3.05, 3.63) is 57.2 Å². The van der Waals surface area contributed by atoms with Crippen molar-refractivity contribution in [2.45, 2.75) is 18.9 Å². The molecular formula is C13H13ClOS. The van der Waals surface area contributed by atoms with Crippen LogP contribution in [0.4, 0.5) is 0 Å². The normalized spacial score (nSPS) is 12.6. The first-order chi connectivity index (χ1) is 7.77. The van der Waals surface area contributed by atoms with Crippen LogP contribution in [0.15, 0.2) is 41.8 Å². The summed E-state index contributed by atoms with van der Waals surface area (Å²) in [5.41, 5.74) is 1.24. The van der Waals surface area contributed by atoms with Gasteiger partial charge >= 0.3 is 0 Å². The van der Waals surface area contributed by atoms with Gasteiger partial charge in [0.2, 0.25) is 0 Å². The average Bonchev–Trinajstić information content (AvgIpc) is 2.74. The summed E-state index contributed by atoms with van der Waals surface area (Å²) in [4.78, 5) is 0.873. The van der Waals surface area contributed by atoms with Crippen LogP contribution >= 0.6 is 22.9 Å². The Morgan fingerprint density at radius 2 is 1.94 bits per heavy atom. The predicted octanol–water partition coefficient (Wildman–Crippen LogP) is 4.07. The van der Waals surface area contributed by atoms with Crippen molar-refractivity contribution < 1.29 is 5.11 Å². The molecule has 2 aromatic rings. The molecule has 2 rings (SSSR count). The van der Waals surface area contributed by atoms with Gasteiger partial charge in [0, 0.05) is 0 Å². The van der Waals surface area contributed by atoms with Crippen LogP contribution in [-0.2, 0) is 6.42 Å². The zero-order chi connectivity index (χ0) is 11.4. The van der Waals surface area contributed by atoms with Crippen molar-refractivity contribution >= 4 is 22.9 Å². The summed E-state index contributed by atoms with van der Waals surface area (Å²) in [7, 11) is 0. The fourth-order valence-corrected chi connectivity index (χ4v) is 2.83. The lowest BCUT2D eigenvalue weighted by atomic mass is 10.1. The third-order valence-corrected chi connectivity index (χ3v) is 3.96. The number of benzene rings is 1. The van der Waals surface area contributed by atoms with Crippen molar-refractivity contribution in [2.75, 3.05) is 0 Å². The van der Waals surface area contributed by atoms with E-state index in [0.717, 1.165) is 11.3 Å². The summed E-state index contributed by atoms with van der Waals surface area (Å²) in [6.07, 6.45) is 1.13. The van der Waals surface area contributed by atoms with Crippen LogP contribution in [0.1, 0.15) is 23.0 Å². The van der Waals surface area contributed by atoms with Gasteiger partial charge in [-0.25, -0.2) is 0 Å².